The summed E-state index contributed by atoms with van der Waals surface area (Å²) in [4.78, 5) is 41.0. The Bertz CT molecular complexity index is 693. The second-order valence-corrected chi connectivity index (χ2v) is 7.32. The molecule has 1 amide bonds. The van der Waals surface area contributed by atoms with Crippen LogP contribution in [0.5, 0.6) is 0 Å². The Morgan fingerprint density at radius 2 is 2.13 bits per heavy atom. The second kappa shape index (κ2) is 5.32. The standard InChI is InChI=1S/C16H22N4O3/c21-12-7-11-4-1-5-16(11,8-12)14(22)20-6-2-3-10(9-20)13-17-15(23)19-18-13/h10-11H,1-9H2,(H2,17,18,19,23)/t10?,11-,16-/m0/s1. The molecule has 2 heterocycles. The van der Waals surface area contributed by atoms with Gasteiger partial charge in [0.2, 0.25) is 5.91 Å². The smallest absolute Gasteiger partial charge is 0.340 e. The predicted molar refractivity (Wildman–Crippen MR) is 81.8 cm³/mol. The summed E-state index contributed by atoms with van der Waals surface area (Å²) < 4.78 is 0. The molecule has 7 heteroatoms. The molecule has 1 aromatic heterocycles. The average Bonchev–Trinajstić information content (AvgIpc) is 3.21. The molecule has 3 fully saturated rings. The third kappa shape index (κ3) is 2.33. The fourth-order valence-corrected chi connectivity index (χ4v) is 4.91. The average molecular weight is 318 g/mol. The van der Waals surface area contributed by atoms with E-state index < -0.39 is 5.41 Å². The maximum absolute atomic E-state index is 13.2. The van der Waals surface area contributed by atoms with Crippen molar-refractivity contribution < 1.29 is 9.59 Å². The molecule has 7 nitrogen and oxygen atoms in total. The Morgan fingerprint density at radius 3 is 2.91 bits per heavy atom. The van der Waals surface area contributed by atoms with Gasteiger partial charge in [-0.1, -0.05) is 6.42 Å². The van der Waals surface area contributed by atoms with E-state index in [0.717, 1.165) is 38.6 Å². The van der Waals surface area contributed by atoms with Gasteiger partial charge in [-0.3, -0.25) is 14.6 Å². The molecule has 1 aliphatic heterocycles. The van der Waals surface area contributed by atoms with Crippen molar-refractivity contribution in [2.45, 2.75) is 50.9 Å². The van der Waals surface area contributed by atoms with Gasteiger partial charge in [0, 0.05) is 31.8 Å². The van der Waals surface area contributed by atoms with E-state index in [1.54, 1.807) is 0 Å². The summed E-state index contributed by atoms with van der Waals surface area (Å²) >= 11 is 0. The van der Waals surface area contributed by atoms with Crippen molar-refractivity contribution in [3.8, 4) is 0 Å². The molecular weight excluding hydrogens is 296 g/mol. The van der Waals surface area contributed by atoms with Crippen molar-refractivity contribution >= 4 is 11.7 Å². The van der Waals surface area contributed by atoms with Crippen LogP contribution in [0.3, 0.4) is 0 Å². The number of nitrogens with zero attached hydrogens (tertiary/aromatic N) is 2. The van der Waals surface area contributed by atoms with E-state index >= 15 is 0 Å². The Balaban J connectivity index is 1.54. The number of piperidine rings is 1. The zero-order chi connectivity index (χ0) is 16.0. The molecule has 1 saturated heterocycles. The number of ketones is 1. The molecule has 1 aromatic rings. The predicted octanol–water partition coefficient (Wildman–Crippen LogP) is 0.953. The lowest BCUT2D eigenvalue weighted by Crippen LogP contribution is -2.48. The van der Waals surface area contributed by atoms with Crippen LogP contribution in [0.4, 0.5) is 0 Å². The van der Waals surface area contributed by atoms with E-state index in [4.69, 9.17) is 0 Å². The molecule has 4 rings (SSSR count). The van der Waals surface area contributed by atoms with Crippen LogP contribution in [-0.2, 0) is 9.59 Å². The van der Waals surface area contributed by atoms with Crippen molar-refractivity contribution in [1.29, 1.82) is 0 Å². The SMILES string of the molecule is O=C1C[C@@H]2CCC[C@]2(C(=O)N2CCCC(c3n[nH]c(=O)[nH]3)C2)C1. The second-order valence-electron chi connectivity index (χ2n) is 7.32. The molecule has 2 saturated carbocycles. The minimum Gasteiger partial charge on any atom is -0.341 e. The topological polar surface area (TPSA) is 98.9 Å². The highest BCUT2D eigenvalue weighted by molar-refractivity contribution is 5.94. The lowest BCUT2D eigenvalue weighted by molar-refractivity contribution is -0.145. The number of fused-ring (bicyclic) bond motifs is 1. The molecule has 3 atom stereocenters. The first-order chi connectivity index (χ1) is 11.1. The van der Waals surface area contributed by atoms with Gasteiger partial charge >= 0.3 is 5.69 Å². The lowest BCUT2D eigenvalue weighted by Gasteiger charge is -2.38. The van der Waals surface area contributed by atoms with E-state index in [2.05, 4.69) is 15.2 Å². The van der Waals surface area contributed by atoms with Crippen LogP contribution >= 0.6 is 0 Å². The number of carbonyl (C=O) groups excluding carboxylic acids is 2. The largest absolute Gasteiger partial charge is 0.341 e. The van der Waals surface area contributed by atoms with Gasteiger partial charge in [-0.15, -0.1) is 0 Å². The van der Waals surface area contributed by atoms with Crippen LogP contribution in [-0.4, -0.2) is 44.9 Å². The molecule has 2 N–H and O–H groups in total. The van der Waals surface area contributed by atoms with E-state index in [0.29, 0.717) is 25.2 Å². The molecule has 2 aliphatic carbocycles. The maximum atomic E-state index is 13.2. The highest BCUT2D eigenvalue weighted by Gasteiger charge is 2.56. The molecule has 0 radical (unpaired) electrons. The van der Waals surface area contributed by atoms with Crippen LogP contribution < -0.4 is 5.69 Å². The zero-order valence-corrected chi connectivity index (χ0v) is 13.1. The van der Waals surface area contributed by atoms with E-state index in [9.17, 15) is 14.4 Å². The number of rotatable bonds is 2. The third-order valence-corrected chi connectivity index (χ3v) is 5.98. The van der Waals surface area contributed by atoms with Crippen LogP contribution in [0.15, 0.2) is 4.79 Å². The summed E-state index contributed by atoms with van der Waals surface area (Å²) in [6.07, 6.45) is 5.73. The molecule has 23 heavy (non-hydrogen) atoms. The summed E-state index contributed by atoms with van der Waals surface area (Å²) in [6.45, 7) is 1.33. The summed E-state index contributed by atoms with van der Waals surface area (Å²) in [5.41, 5.74) is -0.739. The first kappa shape index (κ1) is 14.7. The monoisotopic (exact) mass is 318 g/mol. The number of nitrogens with one attached hydrogen (secondary N) is 2. The molecule has 3 aliphatic rings. The number of Topliss-reactive ketones (excluding diaryl/α,β-unsaturated/α-hetero) is 1. The Kier molecular flexibility index (Phi) is 3.39. The number of carbonyl (C=O) groups is 2. The number of H-pyrrole nitrogens is 2. The number of aromatic nitrogens is 3. The summed E-state index contributed by atoms with van der Waals surface area (Å²) in [5.74, 6) is 1.35. The van der Waals surface area contributed by atoms with E-state index in [1.165, 1.54) is 0 Å². The van der Waals surface area contributed by atoms with Gasteiger partial charge < -0.3 is 4.90 Å². The Hall–Kier alpha value is -1.92. The number of hydrogen-bond acceptors (Lipinski definition) is 4. The van der Waals surface area contributed by atoms with Gasteiger partial charge in [-0.25, -0.2) is 9.89 Å². The molecule has 0 aromatic carbocycles. The van der Waals surface area contributed by atoms with Crippen molar-refractivity contribution in [2.75, 3.05) is 13.1 Å². The number of aromatic amines is 2. The summed E-state index contributed by atoms with van der Waals surface area (Å²) in [7, 11) is 0. The molecule has 1 unspecified atom stereocenters. The minimum absolute atomic E-state index is 0.0695. The number of likely N-dealkylation sites (tertiary alicyclic amines) is 1. The van der Waals surface area contributed by atoms with Gasteiger partial charge in [0.1, 0.15) is 11.6 Å². The van der Waals surface area contributed by atoms with Gasteiger partial charge in [-0.2, -0.15) is 5.10 Å². The summed E-state index contributed by atoms with van der Waals surface area (Å²) in [5, 5.41) is 6.42. The Labute approximate surface area is 133 Å². The number of hydrogen-bond donors (Lipinski definition) is 2. The molecule has 124 valence electrons. The molecule has 0 spiro atoms. The highest BCUT2D eigenvalue weighted by atomic mass is 16.2. The highest BCUT2D eigenvalue weighted by Crippen LogP contribution is 2.54. The fourth-order valence-electron chi connectivity index (χ4n) is 4.91. The quantitative estimate of drug-likeness (QED) is 0.848. The fraction of sp³-hybridized carbons (Fsp3) is 0.750. The van der Waals surface area contributed by atoms with Crippen molar-refractivity contribution in [2.24, 2.45) is 11.3 Å². The van der Waals surface area contributed by atoms with E-state index in [-0.39, 0.29) is 29.2 Å². The van der Waals surface area contributed by atoms with Gasteiger partial charge in [-0.05, 0) is 31.6 Å². The van der Waals surface area contributed by atoms with E-state index in [1.807, 2.05) is 4.90 Å². The lowest BCUT2D eigenvalue weighted by atomic mass is 9.78. The van der Waals surface area contributed by atoms with Crippen LogP contribution in [0.25, 0.3) is 0 Å². The summed E-state index contributed by atoms with van der Waals surface area (Å²) in [6, 6.07) is 0. The van der Waals surface area contributed by atoms with Gasteiger partial charge in [0.25, 0.3) is 0 Å². The maximum Gasteiger partial charge on any atom is 0.340 e. The molecular formula is C16H22N4O3. The first-order valence-electron chi connectivity index (χ1n) is 8.54. The van der Waals surface area contributed by atoms with Crippen molar-refractivity contribution in [3.63, 3.8) is 0 Å². The van der Waals surface area contributed by atoms with Crippen molar-refractivity contribution in [3.05, 3.63) is 16.3 Å². The van der Waals surface area contributed by atoms with Gasteiger partial charge in [0.15, 0.2) is 0 Å². The zero-order valence-electron chi connectivity index (χ0n) is 13.1. The third-order valence-electron chi connectivity index (χ3n) is 5.98. The normalized spacial score (nSPS) is 33.9. The van der Waals surface area contributed by atoms with Crippen LogP contribution in [0.2, 0.25) is 0 Å². The Morgan fingerprint density at radius 1 is 1.26 bits per heavy atom. The minimum atomic E-state index is -0.433. The first-order valence-corrected chi connectivity index (χ1v) is 8.54. The number of amides is 1. The van der Waals surface area contributed by atoms with Crippen LogP contribution in [0.1, 0.15) is 56.7 Å². The van der Waals surface area contributed by atoms with Crippen molar-refractivity contribution in [1.82, 2.24) is 20.1 Å². The van der Waals surface area contributed by atoms with Crippen LogP contribution in [0, 0.1) is 11.3 Å². The molecule has 0 bridgehead atoms. The van der Waals surface area contributed by atoms with Gasteiger partial charge in [0.05, 0.1) is 5.41 Å².